The number of aromatic nitrogens is 2. The number of ether oxygens (including phenoxy) is 1. The van der Waals surface area contributed by atoms with Crippen LogP contribution < -0.4 is 10.1 Å². The molecule has 0 unspecified atom stereocenters. The van der Waals surface area contributed by atoms with E-state index in [1.165, 1.54) is 0 Å². The Labute approximate surface area is 167 Å². The van der Waals surface area contributed by atoms with Crippen LogP contribution in [0.25, 0.3) is 0 Å². The molecule has 0 atom stereocenters. The first-order valence-electron chi connectivity index (χ1n) is 8.68. The molecule has 6 heteroatoms. The average Bonchev–Trinajstić information content (AvgIpc) is 2.93. The van der Waals surface area contributed by atoms with Gasteiger partial charge in [-0.3, -0.25) is 9.48 Å². The van der Waals surface area contributed by atoms with Crippen LogP contribution in [-0.4, -0.2) is 22.8 Å². The van der Waals surface area contributed by atoms with E-state index >= 15 is 0 Å². The molecular weight excluding hydrogens is 406 g/mol. The predicted molar refractivity (Wildman–Crippen MR) is 109 cm³/mol. The Hall–Kier alpha value is -2.60. The van der Waals surface area contributed by atoms with Crippen LogP contribution in [0.3, 0.4) is 0 Å². The highest BCUT2D eigenvalue weighted by molar-refractivity contribution is 9.10. The SMILES string of the molecule is COc1ccccc1CNC(=O)c1ccc(Cn2nc(C)c(Br)c2C)cc1. The third-order valence-electron chi connectivity index (χ3n) is 4.47. The number of nitrogens with zero attached hydrogens (tertiary/aromatic N) is 2. The summed E-state index contributed by atoms with van der Waals surface area (Å²) < 4.78 is 8.30. The van der Waals surface area contributed by atoms with Gasteiger partial charge in [0.1, 0.15) is 5.75 Å². The maximum Gasteiger partial charge on any atom is 0.251 e. The minimum atomic E-state index is -0.110. The predicted octanol–water partition coefficient (Wildman–Crippen LogP) is 4.25. The molecule has 0 aliphatic carbocycles. The Morgan fingerprint density at radius 1 is 1.15 bits per heavy atom. The smallest absolute Gasteiger partial charge is 0.251 e. The van der Waals surface area contributed by atoms with Crippen molar-refractivity contribution in [2.24, 2.45) is 0 Å². The zero-order valence-corrected chi connectivity index (χ0v) is 17.2. The van der Waals surface area contributed by atoms with Crippen LogP contribution in [0.2, 0.25) is 0 Å². The first-order chi connectivity index (χ1) is 13.0. The molecule has 140 valence electrons. The first-order valence-corrected chi connectivity index (χ1v) is 9.47. The van der Waals surface area contributed by atoms with Crippen LogP contribution in [0.15, 0.2) is 53.0 Å². The Kier molecular flexibility index (Phi) is 5.96. The van der Waals surface area contributed by atoms with Gasteiger partial charge < -0.3 is 10.1 Å². The number of carbonyl (C=O) groups is 1. The van der Waals surface area contributed by atoms with Crippen molar-refractivity contribution in [1.29, 1.82) is 0 Å². The summed E-state index contributed by atoms with van der Waals surface area (Å²) in [5, 5.41) is 7.46. The highest BCUT2D eigenvalue weighted by atomic mass is 79.9. The van der Waals surface area contributed by atoms with Crippen molar-refractivity contribution in [2.75, 3.05) is 7.11 Å². The average molecular weight is 428 g/mol. The highest BCUT2D eigenvalue weighted by Crippen LogP contribution is 2.21. The van der Waals surface area contributed by atoms with Crippen molar-refractivity contribution in [1.82, 2.24) is 15.1 Å². The number of benzene rings is 2. The van der Waals surface area contributed by atoms with E-state index in [2.05, 4.69) is 26.3 Å². The molecule has 1 amide bonds. The molecule has 0 spiro atoms. The Balaban J connectivity index is 1.64. The van der Waals surface area contributed by atoms with Gasteiger partial charge in [0.25, 0.3) is 5.91 Å². The molecule has 0 fully saturated rings. The summed E-state index contributed by atoms with van der Waals surface area (Å²) in [6.07, 6.45) is 0. The van der Waals surface area contributed by atoms with Crippen molar-refractivity contribution in [3.8, 4) is 5.75 Å². The van der Waals surface area contributed by atoms with E-state index in [0.717, 1.165) is 32.7 Å². The maximum atomic E-state index is 12.4. The van der Waals surface area contributed by atoms with E-state index in [1.807, 2.05) is 67.1 Å². The van der Waals surface area contributed by atoms with Crippen molar-refractivity contribution in [3.05, 3.63) is 81.1 Å². The second-order valence-electron chi connectivity index (χ2n) is 6.33. The molecule has 3 rings (SSSR count). The van der Waals surface area contributed by atoms with Gasteiger partial charge in [0.05, 0.1) is 29.5 Å². The molecule has 0 aliphatic rings. The van der Waals surface area contributed by atoms with Gasteiger partial charge in [0.15, 0.2) is 0 Å². The number of halogens is 1. The third kappa shape index (κ3) is 4.39. The standard InChI is InChI=1S/C21H22BrN3O2/c1-14-20(22)15(2)25(24-14)13-16-8-10-17(11-9-16)21(26)23-12-18-6-4-5-7-19(18)27-3/h4-11H,12-13H2,1-3H3,(H,23,26). The fourth-order valence-corrected chi connectivity index (χ4v) is 3.17. The minimum absolute atomic E-state index is 0.110. The number of para-hydroxylation sites is 1. The van der Waals surface area contributed by atoms with Crippen molar-refractivity contribution >= 4 is 21.8 Å². The molecule has 5 nitrogen and oxygen atoms in total. The van der Waals surface area contributed by atoms with E-state index in [4.69, 9.17) is 4.74 Å². The molecule has 0 saturated carbocycles. The number of hydrogen-bond acceptors (Lipinski definition) is 3. The van der Waals surface area contributed by atoms with Crippen molar-refractivity contribution in [2.45, 2.75) is 26.9 Å². The van der Waals surface area contributed by atoms with Gasteiger partial charge in [0.2, 0.25) is 0 Å². The van der Waals surface area contributed by atoms with E-state index < -0.39 is 0 Å². The molecule has 1 aromatic heterocycles. The zero-order valence-electron chi connectivity index (χ0n) is 15.6. The van der Waals surface area contributed by atoms with Crippen LogP contribution in [0.4, 0.5) is 0 Å². The summed E-state index contributed by atoms with van der Waals surface area (Å²) in [5.41, 5.74) is 4.73. The van der Waals surface area contributed by atoms with Crippen molar-refractivity contribution < 1.29 is 9.53 Å². The normalized spacial score (nSPS) is 10.7. The lowest BCUT2D eigenvalue weighted by molar-refractivity contribution is 0.0950. The number of hydrogen-bond donors (Lipinski definition) is 1. The lowest BCUT2D eigenvalue weighted by atomic mass is 10.1. The molecule has 1 heterocycles. The van der Waals surface area contributed by atoms with Gasteiger partial charge in [-0.25, -0.2) is 0 Å². The summed E-state index contributed by atoms with van der Waals surface area (Å²) in [6, 6.07) is 15.3. The molecular formula is C21H22BrN3O2. The lowest BCUT2D eigenvalue weighted by Crippen LogP contribution is -2.23. The lowest BCUT2D eigenvalue weighted by Gasteiger charge is -2.10. The molecule has 1 N–H and O–H groups in total. The molecule has 0 aliphatic heterocycles. The minimum Gasteiger partial charge on any atom is -0.496 e. The number of amides is 1. The van der Waals surface area contributed by atoms with E-state index in [0.29, 0.717) is 18.7 Å². The number of carbonyl (C=O) groups excluding carboxylic acids is 1. The van der Waals surface area contributed by atoms with Gasteiger partial charge in [-0.05, 0) is 53.5 Å². The number of aryl methyl sites for hydroxylation is 1. The van der Waals surface area contributed by atoms with Crippen LogP contribution in [-0.2, 0) is 13.1 Å². The fourth-order valence-electron chi connectivity index (χ4n) is 2.89. The van der Waals surface area contributed by atoms with Crippen LogP contribution >= 0.6 is 15.9 Å². The first kappa shape index (κ1) is 19.2. The summed E-state index contributed by atoms with van der Waals surface area (Å²) in [5.74, 6) is 0.658. The summed E-state index contributed by atoms with van der Waals surface area (Å²) in [7, 11) is 1.63. The molecule has 2 aromatic carbocycles. The Morgan fingerprint density at radius 3 is 2.48 bits per heavy atom. The van der Waals surface area contributed by atoms with E-state index in [1.54, 1.807) is 7.11 Å². The summed E-state index contributed by atoms with van der Waals surface area (Å²) in [4.78, 5) is 12.4. The largest absolute Gasteiger partial charge is 0.496 e. The van der Waals surface area contributed by atoms with E-state index in [9.17, 15) is 4.79 Å². The van der Waals surface area contributed by atoms with Gasteiger partial charge in [-0.2, -0.15) is 5.10 Å². The fraction of sp³-hybridized carbons (Fsp3) is 0.238. The zero-order chi connectivity index (χ0) is 19.4. The summed E-state index contributed by atoms with van der Waals surface area (Å²) >= 11 is 3.55. The van der Waals surface area contributed by atoms with Crippen LogP contribution in [0.5, 0.6) is 5.75 Å². The van der Waals surface area contributed by atoms with Crippen LogP contribution in [0.1, 0.15) is 32.9 Å². The van der Waals surface area contributed by atoms with Gasteiger partial charge in [0, 0.05) is 17.7 Å². The second-order valence-corrected chi connectivity index (χ2v) is 7.13. The molecule has 3 aromatic rings. The van der Waals surface area contributed by atoms with E-state index in [-0.39, 0.29) is 5.91 Å². The molecule has 0 radical (unpaired) electrons. The monoisotopic (exact) mass is 427 g/mol. The summed E-state index contributed by atoms with van der Waals surface area (Å²) in [6.45, 7) is 5.10. The third-order valence-corrected chi connectivity index (χ3v) is 5.62. The quantitative estimate of drug-likeness (QED) is 0.639. The number of methoxy groups -OCH3 is 1. The molecule has 27 heavy (non-hydrogen) atoms. The van der Waals surface area contributed by atoms with Gasteiger partial charge >= 0.3 is 0 Å². The maximum absolute atomic E-state index is 12.4. The van der Waals surface area contributed by atoms with Crippen LogP contribution in [0, 0.1) is 13.8 Å². The topological polar surface area (TPSA) is 56.1 Å². The van der Waals surface area contributed by atoms with Gasteiger partial charge in [-0.1, -0.05) is 30.3 Å². The van der Waals surface area contributed by atoms with Gasteiger partial charge in [-0.15, -0.1) is 0 Å². The number of rotatable bonds is 6. The molecule has 0 bridgehead atoms. The van der Waals surface area contributed by atoms with Crippen molar-refractivity contribution in [3.63, 3.8) is 0 Å². The Bertz CT molecular complexity index is 949. The second kappa shape index (κ2) is 8.39. The molecule has 0 saturated heterocycles. The highest BCUT2D eigenvalue weighted by Gasteiger charge is 2.10. The Morgan fingerprint density at radius 2 is 1.85 bits per heavy atom. The number of nitrogens with one attached hydrogen (secondary N) is 1.